The number of carbonyl (C=O) groups excluding carboxylic acids is 5. The minimum absolute atomic E-state index is 0.220. The van der Waals surface area contributed by atoms with Crippen LogP contribution in [0.5, 0.6) is 0 Å². The van der Waals surface area contributed by atoms with Gasteiger partial charge in [-0.1, -0.05) is 13.8 Å². The second-order valence-corrected chi connectivity index (χ2v) is 10.2. The molecule has 16 heteroatoms. The van der Waals surface area contributed by atoms with Crippen LogP contribution in [0.2, 0.25) is 0 Å². The minimum atomic E-state index is -1.75. The molecule has 0 aromatic carbocycles. The molecule has 1 aliphatic rings. The molecule has 5 amide bonds. The number of nitrogens with one attached hydrogen (secondary N) is 4. The first-order valence-electron chi connectivity index (χ1n) is 12.9. The van der Waals surface area contributed by atoms with Gasteiger partial charge in [0, 0.05) is 6.54 Å². The predicted molar refractivity (Wildman–Crippen MR) is 138 cm³/mol. The van der Waals surface area contributed by atoms with Gasteiger partial charge < -0.3 is 47.2 Å². The molecule has 7 atom stereocenters. The molecule has 0 aromatic rings. The predicted octanol–water partition coefficient (Wildman–Crippen LogP) is -3.12. The third kappa shape index (κ3) is 9.75. The fourth-order valence-electron chi connectivity index (χ4n) is 4.03. The Kier molecular flexibility index (Phi) is 12.9. The van der Waals surface area contributed by atoms with Crippen LogP contribution < -0.4 is 27.0 Å². The standard InChI is InChI=1S/C24H40N6O10/c1-10(2)17(21(36)27-14(24(39)40)9-16(32)33)28-22(37)18(13(5)31)29-20(35)15-7-6-8-30(15)23(38)12(4)26-19(34)11(3)25/h10-15,17-18,31H,6-9,25H2,1-5H3,(H,26,34)(H,27,36)(H,28,37)(H,29,35)(H,32,33)(H,39,40)/t11-,12-,13+,14-,15-,17-,18-/m0/s1. The van der Waals surface area contributed by atoms with E-state index in [1.807, 2.05) is 0 Å². The molecule has 16 nitrogen and oxygen atoms in total. The molecule has 40 heavy (non-hydrogen) atoms. The molecule has 1 aliphatic heterocycles. The van der Waals surface area contributed by atoms with Crippen LogP contribution in [0.15, 0.2) is 0 Å². The molecule has 1 saturated heterocycles. The average molecular weight is 573 g/mol. The highest BCUT2D eigenvalue weighted by molar-refractivity contribution is 5.97. The van der Waals surface area contributed by atoms with Gasteiger partial charge >= 0.3 is 11.9 Å². The van der Waals surface area contributed by atoms with E-state index in [0.717, 1.165) is 0 Å². The molecular weight excluding hydrogens is 532 g/mol. The highest BCUT2D eigenvalue weighted by Gasteiger charge is 2.39. The fraction of sp³-hybridized carbons (Fsp3) is 0.708. The second kappa shape index (κ2) is 15.1. The zero-order valence-corrected chi connectivity index (χ0v) is 23.2. The fourth-order valence-corrected chi connectivity index (χ4v) is 4.03. The van der Waals surface area contributed by atoms with Gasteiger partial charge in [0.05, 0.1) is 18.6 Å². The first kappa shape index (κ1) is 34.2. The normalized spacial score (nSPS) is 19.4. The Morgan fingerprint density at radius 2 is 1.43 bits per heavy atom. The summed E-state index contributed by atoms with van der Waals surface area (Å²) in [6.45, 7) is 7.43. The number of carboxylic acid groups (broad SMARTS) is 2. The zero-order chi connectivity index (χ0) is 30.9. The van der Waals surface area contributed by atoms with Crippen LogP contribution in [0.4, 0.5) is 0 Å². The van der Waals surface area contributed by atoms with Gasteiger partial charge in [-0.2, -0.15) is 0 Å². The van der Waals surface area contributed by atoms with E-state index in [1.165, 1.54) is 25.7 Å². The smallest absolute Gasteiger partial charge is 0.326 e. The SMILES string of the molecule is CC(C)[C@H](NC(=O)[C@@H](NC(=O)[C@@H]1CCCN1C(=O)[C@H](C)NC(=O)[C@H](C)N)[C@@H](C)O)C(=O)N[C@@H](CC(=O)O)C(=O)O. The third-order valence-corrected chi connectivity index (χ3v) is 6.28. The lowest BCUT2D eigenvalue weighted by molar-refractivity contribution is -0.147. The summed E-state index contributed by atoms with van der Waals surface area (Å²) in [6.07, 6.45) is -1.60. The molecule has 1 heterocycles. The molecule has 1 fully saturated rings. The Labute approximate surface area is 231 Å². The van der Waals surface area contributed by atoms with E-state index in [4.69, 9.17) is 10.8 Å². The summed E-state index contributed by atoms with van der Waals surface area (Å²) < 4.78 is 0. The molecule has 0 bridgehead atoms. The summed E-state index contributed by atoms with van der Waals surface area (Å²) in [7, 11) is 0. The lowest BCUT2D eigenvalue weighted by Gasteiger charge is -2.30. The molecule has 0 saturated carbocycles. The molecule has 1 rings (SSSR count). The minimum Gasteiger partial charge on any atom is -0.481 e. The van der Waals surface area contributed by atoms with E-state index in [2.05, 4.69) is 21.3 Å². The van der Waals surface area contributed by atoms with E-state index in [1.54, 1.807) is 13.8 Å². The first-order chi connectivity index (χ1) is 18.5. The van der Waals surface area contributed by atoms with Crippen LogP contribution >= 0.6 is 0 Å². The molecule has 0 aliphatic carbocycles. The van der Waals surface area contributed by atoms with E-state index in [-0.39, 0.29) is 13.0 Å². The van der Waals surface area contributed by atoms with E-state index in [0.29, 0.717) is 6.42 Å². The van der Waals surface area contributed by atoms with Crippen LogP contribution in [0.1, 0.15) is 53.9 Å². The number of aliphatic hydroxyl groups excluding tert-OH is 1. The molecule has 0 radical (unpaired) electrons. The van der Waals surface area contributed by atoms with Gasteiger partial charge in [-0.05, 0) is 39.5 Å². The second-order valence-electron chi connectivity index (χ2n) is 10.2. The number of nitrogens with two attached hydrogens (primary N) is 1. The Morgan fingerprint density at radius 3 is 1.90 bits per heavy atom. The number of aliphatic hydroxyl groups is 1. The van der Waals surface area contributed by atoms with Crippen LogP contribution in [-0.2, 0) is 33.6 Å². The van der Waals surface area contributed by atoms with E-state index >= 15 is 0 Å². The van der Waals surface area contributed by atoms with Crippen molar-refractivity contribution >= 4 is 41.5 Å². The third-order valence-electron chi connectivity index (χ3n) is 6.28. The maximum absolute atomic E-state index is 13.1. The van der Waals surface area contributed by atoms with Crippen molar-refractivity contribution in [3.8, 4) is 0 Å². The Morgan fingerprint density at radius 1 is 0.850 bits per heavy atom. The average Bonchev–Trinajstić information content (AvgIpc) is 3.33. The van der Waals surface area contributed by atoms with Crippen molar-refractivity contribution in [2.45, 2.75) is 96.2 Å². The molecular formula is C24H40N6O10. The summed E-state index contributed by atoms with van der Waals surface area (Å²) in [5, 5.41) is 37.6. The number of amides is 5. The van der Waals surface area contributed by atoms with E-state index in [9.17, 15) is 43.8 Å². The largest absolute Gasteiger partial charge is 0.481 e. The summed E-state index contributed by atoms with van der Waals surface area (Å²) in [6, 6.07) is -7.44. The van der Waals surface area contributed by atoms with Gasteiger partial charge in [-0.3, -0.25) is 28.8 Å². The van der Waals surface area contributed by atoms with E-state index < -0.39 is 96.2 Å². The van der Waals surface area contributed by atoms with Crippen molar-refractivity contribution in [2.75, 3.05) is 6.54 Å². The van der Waals surface area contributed by atoms with Gasteiger partial charge in [-0.15, -0.1) is 0 Å². The number of aliphatic carboxylic acids is 2. The summed E-state index contributed by atoms with van der Waals surface area (Å²) in [4.78, 5) is 87.2. The summed E-state index contributed by atoms with van der Waals surface area (Å²) >= 11 is 0. The van der Waals surface area contributed by atoms with Crippen LogP contribution in [0.3, 0.4) is 0 Å². The van der Waals surface area contributed by atoms with Gasteiger partial charge in [0.15, 0.2) is 0 Å². The van der Waals surface area contributed by atoms with Crippen molar-refractivity contribution in [3.63, 3.8) is 0 Å². The number of hydrogen-bond donors (Lipinski definition) is 8. The van der Waals surface area contributed by atoms with Crippen LogP contribution in [-0.4, -0.2) is 111 Å². The van der Waals surface area contributed by atoms with Gasteiger partial charge in [-0.25, -0.2) is 4.79 Å². The van der Waals surface area contributed by atoms with Crippen molar-refractivity contribution < 1.29 is 48.9 Å². The topological polar surface area (TPSA) is 258 Å². The number of hydrogen-bond acceptors (Lipinski definition) is 9. The lowest BCUT2D eigenvalue weighted by Crippen LogP contribution is -2.61. The maximum atomic E-state index is 13.1. The zero-order valence-electron chi connectivity index (χ0n) is 23.2. The number of rotatable bonds is 14. The van der Waals surface area contributed by atoms with Crippen molar-refractivity contribution in [1.82, 2.24) is 26.2 Å². The highest BCUT2D eigenvalue weighted by atomic mass is 16.4. The highest BCUT2D eigenvalue weighted by Crippen LogP contribution is 2.19. The number of carboxylic acids is 2. The molecule has 0 spiro atoms. The number of carbonyl (C=O) groups is 7. The molecule has 9 N–H and O–H groups in total. The molecule has 0 aromatic heterocycles. The van der Waals surface area contributed by atoms with Gasteiger partial charge in [0.25, 0.3) is 0 Å². The van der Waals surface area contributed by atoms with Crippen molar-refractivity contribution in [2.24, 2.45) is 11.7 Å². The quantitative estimate of drug-likeness (QED) is 0.103. The number of likely N-dealkylation sites (tertiary alicyclic amines) is 1. The first-order valence-corrected chi connectivity index (χ1v) is 12.9. The van der Waals surface area contributed by atoms with Crippen molar-refractivity contribution in [1.29, 1.82) is 0 Å². The number of nitrogens with zero attached hydrogens (tertiary/aromatic N) is 1. The van der Waals surface area contributed by atoms with Crippen LogP contribution in [0, 0.1) is 5.92 Å². The van der Waals surface area contributed by atoms with Crippen molar-refractivity contribution in [3.05, 3.63) is 0 Å². The Bertz CT molecular complexity index is 985. The Hall–Kier alpha value is -3.79. The molecule has 226 valence electrons. The van der Waals surface area contributed by atoms with Crippen LogP contribution in [0.25, 0.3) is 0 Å². The maximum Gasteiger partial charge on any atom is 0.326 e. The van der Waals surface area contributed by atoms with Gasteiger partial charge in [0.1, 0.15) is 30.2 Å². The Balaban J connectivity index is 2.99. The monoisotopic (exact) mass is 572 g/mol. The lowest BCUT2D eigenvalue weighted by atomic mass is 10.0. The summed E-state index contributed by atoms with van der Waals surface area (Å²) in [5.41, 5.74) is 5.52. The van der Waals surface area contributed by atoms with Gasteiger partial charge in [0.2, 0.25) is 29.5 Å². The molecule has 0 unspecified atom stereocenters. The summed E-state index contributed by atoms with van der Waals surface area (Å²) in [5.74, 6) is -7.39.